The van der Waals surface area contributed by atoms with Crippen LogP contribution in [0.1, 0.15) is 75.3 Å². The van der Waals surface area contributed by atoms with Crippen LogP contribution in [0.5, 0.6) is 0 Å². The van der Waals surface area contributed by atoms with Gasteiger partial charge < -0.3 is 30.5 Å². The van der Waals surface area contributed by atoms with Gasteiger partial charge >= 0.3 is 12.1 Å². The molecule has 0 bridgehead atoms. The number of ether oxygens (including phenoxy) is 2. The van der Waals surface area contributed by atoms with Crippen molar-refractivity contribution in [2.75, 3.05) is 19.8 Å². The summed E-state index contributed by atoms with van der Waals surface area (Å²) < 4.78 is 11.4. The molecule has 1 fully saturated rings. The van der Waals surface area contributed by atoms with Crippen molar-refractivity contribution in [3.63, 3.8) is 0 Å². The lowest BCUT2D eigenvalue weighted by molar-refractivity contribution is -0.149. The topological polar surface area (TPSA) is 143 Å². The van der Waals surface area contributed by atoms with E-state index in [0.717, 1.165) is 35.1 Å². The van der Waals surface area contributed by atoms with Crippen molar-refractivity contribution in [2.24, 2.45) is 5.92 Å². The smallest absolute Gasteiger partial charge is 0.407 e. The molecule has 1 spiro atoms. The number of fused-ring (bicyclic) bond motifs is 3. The van der Waals surface area contributed by atoms with Crippen molar-refractivity contribution in [2.45, 2.75) is 81.8 Å². The summed E-state index contributed by atoms with van der Waals surface area (Å²) in [6.45, 7) is 1.61. The van der Waals surface area contributed by atoms with Gasteiger partial charge in [-0.15, -0.1) is 0 Å². The standard InChI is InChI=1S/C35H43N3O7/c1-23(20-39)36-31(40)19-24-11-3-2-4-16-30(33(42)45-22-35(38-32(24)41)17-9-10-18-35)37-34(43)44-21-29-27-14-7-5-12-25(27)26-13-6-8-15-28(26)29/h2-3,5-8,12-15,23-24,29-30,39H,4,9-11,16-22H2,1H3,(H,36,40)(H,37,43)(H,38,41). The number of hydrogen-bond acceptors (Lipinski definition) is 7. The number of amides is 3. The Morgan fingerprint density at radius 2 is 1.71 bits per heavy atom. The average Bonchev–Trinajstić information content (AvgIpc) is 3.63. The van der Waals surface area contributed by atoms with Gasteiger partial charge in [0.1, 0.15) is 19.3 Å². The summed E-state index contributed by atoms with van der Waals surface area (Å²) >= 11 is 0. The number of esters is 1. The van der Waals surface area contributed by atoms with E-state index < -0.39 is 35.6 Å². The Hall–Kier alpha value is -4.18. The molecule has 0 saturated heterocycles. The van der Waals surface area contributed by atoms with Gasteiger partial charge in [0.2, 0.25) is 11.8 Å². The molecule has 3 aliphatic rings. The van der Waals surface area contributed by atoms with Gasteiger partial charge in [0.15, 0.2) is 0 Å². The minimum atomic E-state index is -0.929. The van der Waals surface area contributed by atoms with E-state index in [-0.39, 0.29) is 50.4 Å². The molecule has 0 aromatic heterocycles. The lowest BCUT2D eigenvalue weighted by Crippen LogP contribution is -2.53. The van der Waals surface area contributed by atoms with Crippen LogP contribution in [0.2, 0.25) is 0 Å². The highest BCUT2D eigenvalue weighted by molar-refractivity contribution is 5.87. The first-order valence-electron chi connectivity index (χ1n) is 15.9. The third kappa shape index (κ3) is 7.92. The van der Waals surface area contributed by atoms with Crippen LogP contribution in [-0.4, -0.2) is 66.4 Å². The van der Waals surface area contributed by atoms with Crippen molar-refractivity contribution < 1.29 is 33.8 Å². The van der Waals surface area contributed by atoms with Crippen molar-refractivity contribution in [1.82, 2.24) is 16.0 Å². The van der Waals surface area contributed by atoms with Crippen LogP contribution >= 0.6 is 0 Å². The monoisotopic (exact) mass is 617 g/mol. The Labute approximate surface area is 263 Å². The van der Waals surface area contributed by atoms with E-state index in [1.165, 1.54) is 0 Å². The number of carbonyl (C=O) groups excluding carboxylic acids is 4. The SMILES string of the molecule is CC(CO)NC(=O)CC1CC=CCCC(NC(=O)OCC2c3ccccc3-c3ccccc32)C(=O)OCC2(CCCC2)NC1=O. The summed E-state index contributed by atoms with van der Waals surface area (Å²) in [5.41, 5.74) is 3.72. The molecule has 1 saturated carbocycles. The van der Waals surface area contributed by atoms with Crippen molar-refractivity contribution in [3.05, 3.63) is 71.8 Å². The molecule has 3 atom stereocenters. The average molecular weight is 618 g/mol. The largest absolute Gasteiger partial charge is 0.462 e. The van der Waals surface area contributed by atoms with Gasteiger partial charge in [-0.1, -0.05) is 73.5 Å². The Kier molecular flexibility index (Phi) is 10.5. The van der Waals surface area contributed by atoms with Crippen LogP contribution in [-0.2, 0) is 23.9 Å². The summed E-state index contributed by atoms with van der Waals surface area (Å²) in [7, 11) is 0. The molecule has 2 aliphatic carbocycles. The number of aliphatic hydroxyl groups excluding tert-OH is 1. The van der Waals surface area contributed by atoms with Gasteiger partial charge in [0.05, 0.1) is 18.1 Å². The first-order valence-corrected chi connectivity index (χ1v) is 15.9. The summed E-state index contributed by atoms with van der Waals surface area (Å²) in [4.78, 5) is 52.3. The van der Waals surface area contributed by atoms with Crippen LogP contribution in [0, 0.1) is 5.92 Å². The lowest BCUT2D eigenvalue weighted by atomic mass is 9.94. The number of alkyl carbamates (subject to hydrolysis) is 1. The van der Waals surface area contributed by atoms with Gasteiger partial charge in [0.25, 0.3) is 0 Å². The van der Waals surface area contributed by atoms with Crippen LogP contribution < -0.4 is 16.0 Å². The van der Waals surface area contributed by atoms with Crippen LogP contribution in [0.4, 0.5) is 4.79 Å². The summed E-state index contributed by atoms with van der Waals surface area (Å²) in [6, 6.07) is 14.8. The highest BCUT2D eigenvalue weighted by Gasteiger charge is 2.39. The van der Waals surface area contributed by atoms with E-state index in [9.17, 15) is 24.3 Å². The van der Waals surface area contributed by atoms with Crippen LogP contribution in [0.25, 0.3) is 11.1 Å². The third-order valence-electron chi connectivity index (χ3n) is 9.05. The molecule has 10 nitrogen and oxygen atoms in total. The zero-order valence-electron chi connectivity index (χ0n) is 25.8. The fourth-order valence-electron chi connectivity index (χ4n) is 6.59. The quantitative estimate of drug-likeness (QED) is 0.271. The molecule has 2 aromatic rings. The highest BCUT2D eigenvalue weighted by Crippen LogP contribution is 2.44. The number of nitrogens with one attached hydrogen (secondary N) is 3. The predicted octanol–water partition coefficient (Wildman–Crippen LogP) is 4.11. The van der Waals surface area contributed by atoms with Gasteiger partial charge in [-0.3, -0.25) is 9.59 Å². The molecular formula is C35H43N3O7. The number of benzene rings is 2. The Bertz CT molecular complexity index is 1370. The van der Waals surface area contributed by atoms with Gasteiger partial charge in [-0.05, 0) is 61.3 Å². The van der Waals surface area contributed by atoms with Crippen LogP contribution in [0.3, 0.4) is 0 Å². The van der Waals surface area contributed by atoms with Crippen molar-refractivity contribution >= 4 is 23.9 Å². The number of allylic oxidation sites excluding steroid dienone is 2. The minimum Gasteiger partial charge on any atom is -0.462 e. The van der Waals surface area contributed by atoms with Crippen LogP contribution in [0.15, 0.2) is 60.7 Å². The van der Waals surface area contributed by atoms with E-state index in [1.807, 2.05) is 48.6 Å². The molecule has 2 aromatic carbocycles. The molecule has 1 aliphatic heterocycles. The number of carbonyl (C=O) groups is 4. The highest BCUT2D eigenvalue weighted by atomic mass is 16.6. The zero-order valence-corrected chi connectivity index (χ0v) is 25.8. The summed E-state index contributed by atoms with van der Waals surface area (Å²) in [5.74, 6) is -1.88. The summed E-state index contributed by atoms with van der Waals surface area (Å²) in [5, 5.41) is 17.8. The minimum absolute atomic E-state index is 0.0195. The molecule has 1 heterocycles. The van der Waals surface area contributed by atoms with E-state index >= 15 is 0 Å². The first kappa shape index (κ1) is 32.2. The molecule has 45 heavy (non-hydrogen) atoms. The molecule has 5 rings (SSSR count). The number of hydrogen-bond donors (Lipinski definition) is 4. The second kappa shape index (κ2) is 14.7. The molecule has 10 heteroatoms. The molecule has 0 radical (unpaired) electrons. The Balaban J connectivity index is 1.24. The Morgan fingerprint density at radius 1 is 1.04 bits per heavy atom. The van der Waals surface area contributed by atoms with Gasteiger partial charge in [0, 0.05) is 18.4 Å². The lowest BCUT2D eigenvalue weighted by Gasteiger charge is -2.32. The fraction of sp³-hybridized carbons (Fsp3) is 0.486. The molecular weight excluding hydrogens is 574 g/mol. The maximum Gasteiger partial charge on any atom is 0.407 e. The first-order chi connectivity index (χ1) is 21.8. The Morgan fingerprint density at radius 3 is 2.38 bits per heavy atom. The van der Waals surface area contributed by atoms with Gasteiger partial charge in [-0.25, -0.2) is 9.59 Å². The maximum atomic E-state index is 13.4. The molecule has 3 amide bonds. The zero-order chi connectivity index (χ0) is 31.8. The van der Waals surface area contributed by atoms with Gasteiger partial charge in [-0.2, -0.15) is 0 Å². The second-order valence-electron chi connectivity index (χ2n) is 12.4. The number of cyclic esters (lactones) is 1. The van der Waals surface area contributed by atoms with E-state index in [0.29, 0.717) is 25.7 Å². The third-order valence-corrected chi connectivity index (χ3v) is 9.05. The number of rotatable bonds is 7. The van der Waals surface area contributed by atoms with Crippen molar-refractivity contribution in [1.29, 1.82) is 0 Å². The normalized spacial score (nSPS) is 22.1. The van der Waals surface area contributed by atoms with E-state index in [2.05, 4.69) is 28.1 Å². The second-order valence-corrected chi connectivity index (χ2v) is 12.4. The maximum absolute atomic E-state index is 13.4. The molecule has 4 N–H and O–H groups in total. The molecule has 240 valence electrons. The van der Waals surface area contributed by atoms with E-state index in [4.69, 9.17) is 9.47 Å². The van der Waals surface area contributed by atoms with Crippen molar-refractivity contribution in [3.8, 4) is 11.1 Å². The molecule has 3 unspecified atom stereocenters. The number of aliphatic hydroxyl groups is 1. The fourth-order valence-corrected chi connectivity index (χ4v) is 6.59. The summed E-state index contributed by atoms with van der Waals surface area (Å²) in [6.07, 6.45) is 7.06. The predicted molar refractivity (Wildman–Crippen MR) is 168 cm³/mol. The van der Waals surface area contributed by atoms with E-state index in [1.54, 1.807) is 6.92 Å².